The minimum absolute atomic E-state index is 0.0689. The lowest BCUT2D eigenvalue weighted by Crippen LogP contribution is -2.50. The zero-order valence-corrected chi connectivity index (χ0v) is 17.5. The van der Waals surface area contributed by atoms with Crippen LogP contribution in [0, 0.1) is 6.92 Å². The average molecular weight is 426 g/mol. The van der Waals surface area contributed by atoms with E-state index in [1.54, 1.807) is 30.5 Å². The van der Waals surface area contributed by atoms with Crippen LogP contribution in [0.5, 0.6) is 5.75 Å². The first kappa shape index (κ1) is 20.0. The fraction of sp³-hybridized carbons (Fsp3) is 0.238. The maximum Gasteiger partial charge on any atom is 0.263 e. The summed E-state index contributed by atoms with van der Waals surface area (Å²) >= 11 is 0. The van der Waals surface area contributed by atoms with Crippen molar-refractivity contribution in [3.05, 3.63) is 72.3 Å². The summed E-state index contributed by atoms with van der Waals surface area (Å²) in [6.45, 7) is 2.17. The van der Waals surface area contributed by atoms with Crippen LogP contribution < -0.4 is 14.4 Å². The van der Waals surface area contributed by atoms with Crippen molar-refractivity contribution in [2.24, 2.45) is 0 Å². The number of hydrogen-bond acceptors (Lipinski definition) is 5. The molecule has 0 bridgehead atoms. The molecule has 156 valence electrons. The van der Waals surface area contributed by atoms with Gasteiger partial charge in [-0.25, -0.2) is 13.4 Å². The topological polar surface area (TPSA) is 93.5 Å². The van der Waals surface area contributed by atoms with Crippen LogP contribution in [0.3, 0.4) is 0 Å². The molecule has 1 aromatic heterocycles. The highest BCUT2D eigenvalue weighted by Gasteiger charge is 2.34. The number of anilines is 1. The highest BCUT2D eigenvalue weighted by atomic mass is 32.2. The summed E-state index contributed by atoms with van der Waals surface area (Å²) in [6.07, 6.45) is 3.82. The Labute approximate surface area is 175 Å². The normalized spacial score (nSPS) is 15.9. The second-order valence-electron chi connectivity index (χ2n) is 7.10. The van der Waals surface area contributed by atoms with Gasteiger partial charge in [0.15, 0.2) is 6.10 Å². The number of aromatic nitrogens is 2. The number of fused-ring (bicyclic) bond motifs is 1. The molecule has 9 heteroatoms. The van der Waals surface area contributed by atoms with E-state index in [0.717, 1.165) is 23.3 Å². The molecule has 0 fully saturated rings. The third-order valence-electron chi connectivity index (χ3n) is 4.93. The summed E-state index contributed by atoms with van der Waals surface area (Å²) in [6, 6.07) is 14.5. The number of benzene rings is 2. The second-order valence-corrected chi connectivity index (χ2v) is 9.00. The Bertz CT molecular complexity index is 1170. The van der Waals surface area contributed by atoms with Crippen molar-refractivity contribution in [2.75, 3.05) is 17.1 Å². The Morgan fingerprint density at radius 3 is 2.60 bits per heavy atom. The third-order valence-corrected chi connectivity index (χ3v) is 6.08. The molecule has 1 atom stereocenters. The quantitative estimate of drug-likeness (QED) is 0.674. The minimum atomic E-state index is -3.54. The molecule has 0 aliphatic carbocycles. The number of nitrogens with zero attached hydrogens (tertiary/aromatic N) is 3. The van der Waals surface area contributed by atoms with Gasteiger partial charge >= 0.3 is 0 Å². The lowest BCUT2D eigenvalue weighted by Gasteiger charge is -2.33. The number of sulfonamides is 1. The summed E-state index contributed by atoms with van der Waals surface area (Å²) in [5.74, 6) is 0.892. The van der Waals surface area contributed by atoms with E-state index in [1.165, 1.54) is 4.31 Å². The van der Waals surface area contributed by atoms with Crippen LogP contribution in [0.4, 0.5) is 5.69 Å². The Morgan fingerprint density at radius 1 is 1.20 bits per heavy atom. The zero-order chi connectivity index (χ0) is 21.3. The SMILES string of the molecule is Cc1nccn1-c1ccc(CNC(=O)C2CN(S(C)(=O)=O)c3ccccc3O2)cc1. The van der Waals surface area contributed by atoms with Crippen molar-refractivity contribution < 1.29 is 17.9 Å². The molecule has 8 nitrogen and oxygen atoms in total. The molecule has 0 radical (unpaired) electrons. The van der Waals surface area contributed by atoms with Gasteiger partial charge in [0.05, 0.1) is 18.5 Å². The summed E-state index contributed by atoms with van der Waals surface area (Å²) in [4.78, 5) is 16.9. The summed E-state index contributed by atoms with van der Waals surface area (Å²) in [5, 5.41) is 2.83. The number of hydrogen-bond donors (Lipinski definition) is 1. The van der Waals surface area contributed by atoms with Crippen LogP contribution in [0.15, 0.2) is 60.9 Å². The van der Waals surface area contributed by atoms with Gasteiger partial charge in [-0.2, -0.15) is 0 Å². The lowest BCUT2D eigenvalue weighted by atomic mass is 10.2. The van der Waals surface area contributed by atoms with E-state index in [1.807, 2.05) is 42.0 Å². The van der Waals surface area contributed by atoms with Crippen LogP contribution >= 0.6 is 0 Å². The van der Waals surface area contributed by atoms with Crippen molar-refractivity contribution in [3.63, 3.8) is 0 Å². The number of rotatable bonds is 5. The summed E-state index contributed by atoms with van der Waals surface area (Å²) in [7, 11) is -3.54. The third kappa shape index (κ3) is 4.02. The molecule has 2 heterocycles. The molecule has 1 amide bonds. The monoisotopic (exact) mass is 426 g/mol. The van der Waals surface area contributed by atoms with Gasteiger partial charge in [-0.3, -0.25) is 9.10 Å². The molecule has 0 saturated carbocycles. The van der Waals surface area contributed by atoms with E-state index < -0.39 is 16.1 Å². The van der Waals surface area contributed by atoms with Crippen LogP contribution in [0.1, 0.15) is 11.4 Å². The molecule has 0 saturated heterocycles. The number of carbonyl (C=O) groups excluding carboxylic acids is 1. The molecule has 2 aromatic carbocycles. The predicted octanol–water partition coefficient (Wildman–Crippen LogP) is 2.02. The largest absolute Gasteiger partial charge is 0.476 e. The summed E-state index contributed by atoms with van der Waals surface area (Å²) < 4.78 is 33.3. The van der Waals surface area contributed by atoms with Gasteiger partial charge in [0, 0.05) is 24.6 Å². The zero-order valence-electron chi connectivity index (χ0n) is 16.6. The fourth-order valence-electron chi connectivity index (χ4n) is 3.38. The van der Waals surface area contributed by atoms with E-state index in [2.05, 4.69) is 10.3 Å². The van der Waals surface area contributed by atoms with E-state index in [4.69, 9.17) is 4.74 Å². The maximum atomic E-state index is 12.7. The van der Waals surface area contributed by atoms with Crippen molar-refractivity contribution in [2.45, 2.75) is 19.6 Å². The summed E-state index contributed by atoms with van der Waals surface area (Å²) in [5.41, 5.74) is 2.34. The van der Waals surface area contributed by atoms with Crippen molar-refractivity contribution in [3.8, 4) is 11.4 Å². The Hall–Kier alpha value is -3.33. The molecule has 4 rings (SSSR count). The first-order valence-electron chi connectivity index (χ1n) is 9.43. The Kier molecular flexibility index (Phi) is 5.21. The molecule has 1 N–H and O–H groups in total. The molecule has 1 aliphatic rings. The van der Waals surface area contributed by atoms with Crippen LogP contribution in [0.2, 0.25) is 0 Å². The minimum Gasteiger partial charge on any atom is -0.476 e. The van der Waals surface area contributed by atoms with Gasteiger partial charge in [-0.15, -0.1) is 0 Å². The highest BCUT2D eigenvalue weighted by Crippen LogP contribution is 2.34. The number of amides is 1. The van der Waals surface area contributed by atoms with Gasteiger partial charge in [-0.1, -0.05) is 24.3 Å². The molecule has 3 aromatic rings. The number of ether oxygens (including phenoxy) is 1. The van der Waals surface area contributed by atoms with Crippen LogP contribution in [-0.4, -0.2) is 42.8 Å². The molecule has 1 unspecified atom stereocenters. The van der Waals surface area contributed by atoms with Crippen LogP contribution in [0.25, 0.3) is 5.69 Å². The van der Waals surface area contributed by atoms with Crippen molar-refractivity contribution in [1.29, 1.82) is 0 Å². The highest BCUT2D eigenvalue weighted by molar-refractivity contribution is 7.92. The Balaban J connectivity index is 1.44. The Morgan fingerprint density at radius 2 is 1.93 bits per heavy atom. The molecular formula is C21H22N4O4S. The number of para-hydroxylation sites is 2. The maximum absolute atomic E-state index is 12.7. The standard InChI is InChI=1S/C21H22N4O4S/c1-15-22-11-12-24(15)17-9-7-16(8-10-17)13-23-21(26)20-14-25(30(2,27)28)18-5-3-4-6-19(18)29-20/h3-12,20H,13-14H2,1-2H3,(H,23,26). The number of carbonyl (C=O) groups is 1. The van der Waals surface area contributed by atoms with E-state index in [0.29, 0.717) is 18.0 Å². The first-order chi connectivity index (χ1) is 14.3. The smallest absolute Gasteiger partial charge is 0.263 e. The van der Waals surface area contributed by atoms with E-state index in [9.17, 15) is 13.2 Å². The first-order valence-corrected chi connectivity index (χ1v) is 11.3. The van der Waals surface area contributed by atoms with Gasteiger partial charge in [0.2, 0.25) is 10.0 Å². The lowest BCUT2D eigenvalue weighted by molar-refractivity contribution is -0.127. The number of aryl methyl sites for hydroxylation is 1. The van der Waals surface area contributed by atoms with Gasteiger partial charge in [0.25, 0.3) is 5.91 Å². The van der Waals surface area contributed by atoms with Crippen LogP contribution in [-0.2, 0) is 21.4 Å². The van der Waals surface area contributed by atoms with Gasteiger partial charge < -0.3 is 14.6 Å². The van der Waals surface area contributed by atoms with Crippen molar-refractivity contribution >= 4 is 21.6 Å². The number of imidazole rings is 1. The molecule has 0 spiro atoms. The number of nitrogens with one attached hydrogen (secondary N) is 1. The molecular weight excluding hydrogens is 404 g/mol. The second kappa shape index (κ2) is 7.83. The van der Waals surface area contributed by atoms with Crippen molar-refractivity contribution in [1.82, 2.24) is 14.9 Å². The fourth-order valence-corrected chi connectivity index (χ4v) is 4.30. The van der Waals surface area contributed by atoms with E-state index in [-0.39, 0.29) is 12.5 Å². The molecule has 1 aliphatic heterocycles. The average Bonchev–Trinajstić information content (AvgIpc) is 3.16. The van der Waals surface area contributed by atoms with Gasteiger partial charge in [0.1, 0.15) is 11.6 Å². The molecule has 30 heavy (non-hydrogen) atoms. The predicted molar refractivity (Wildman–Crippen MR) is 113 cm³/mol. The van der Waals surface area contributed by atoms with E-state index >= 15 is 0 Å². The van der Waals surface area contributed by atoms with Gasteiger partial charge in [-0.05, 0) is 36.8 Å².